The average molecular weight is 595 g/mol. The molecule has 40 heavy (non-hydrogen) atoms. The highest BCUT2D eigenvalue weighted by Crippen LogP contribution is 2.44. The van der Waals surface area contributed by atoms with E-state index in [9.17, 15) is 31.5 Å². The molecule has 4 heterocycles. The van der Waals surface area contributed by atoms with Crippen molar-refractivity contribution in [3.8, 4) is 11.1 Å². The van der Waals surface area contributed by atoms with Gasteiger partial charge in [-0.3, -0.25) is 9.59 Å². The lowest BCUT2D eigenvalue weighted by molar-refractivity contribution is -0.140. The fraction of sp³-hybridized carbons (Fsp3) is 0.160. The minimum absolute atomic E-state index is 0.0349. The smallest absolute Gasteiger partial charge is 0.365 e. The zero-order valence-electron chi connectivity index (χ0n) is 20.4. The summed E-state index contributed by atoms with van der Waals surface area (Å²) in [5.41, 5.74) is 4.31. The Labute approximate surface area is 230 Å². The molecular formula is C25H16ClF5N6O2S. The van der Waals surface area contributed by atoms with Crippen LogP contribution >= 0.6 is 22.9 Å². The van der Waals surface area contributed by atoms with Gasteiger partial charge in [0.25, 0.3) is 11.8 Å². The molecule has 206 valence electrons. The number of hydrogen-bond acceptors (Lipinski definition) is 6. The van der Waals surface area contributed by atoms with Crippen LogP contribution in [-0.4, -0.2) is 31.4 Å². The van der Waals surface area contributed by atoms with Gasteiger partial charge in [-0.2, -0.15) is 27.1 Å². The van der Waals surface area contributed by atoms with E-state index in [2.05, 4.69) is 20.4 Å². The van der Waals surface area contributed by atoms with Crippen LogP contribution in [0.25, 0.3) is 27.0 Å². The lowest BCUT2D eigenvalue weighted by Gasteiger charge is -2.12. The summed E-state index contributed by atoms with van der Waals surface area (Å²) in [6.07, 6.45) is -4.81. The molecule has 0 aliphatic carbocycles. The fourth-order valence-corrected chi connectivity index (χ4v) is 5.23. The molecule has 15 heteroatoms. The van der Waals surface area contributed by atoms with Gasteiger partial charge < -0.3 is 11.1 Å². The normalized spacial score (nSPS) is 12.3. The molecule has 0 radical (unpaired) electrons. The van der Waals surface area contributed by atoms with Crippen molar-refractivity contribution in [2.45, 2.75) is 25.4 Å². The van der Waals surface area contributed by atoms with Gasteiger partial charge in [-0.25, -0.2) is 14.5 Å². The van der Waals surface area contributed by atoms with Gasteiger partial charge in [0.2, 0.25) is 0 Å². The summed E-state index contributed by atoms with van der Waals surface area (Å²) in [4.78, 5) is 32.9. The first-order chi connectivity index (χ1) is 18.6. The fourth-order valence-electron chi connectivity index (χ4n) is 4.09. The number of carbonyl (C=O) groups is 2. The number of fused-ring (bicyclic) bond motifs is 2. The number of halogens is 6. The summed E-state index contributed by atoms with van der Waals surface area (Å²) in [5, 5.41) is 2.57. The molecule has 5 aromatic rings. The number of carbonyl (C=O) groups excluding carboxylic acids is 2. The van der Waals surface area contributed by atoms with E-state index in [0.717, 1.165) is 23.8 Å². The van der Waals surface area contributed by atoms with Gasteiger partial charge in [0.15, 0.2) is 11.3 Å². The number of rotatable bonds is 5. The van der Waals surface area contributed by atoms with E-state index in [1.165, 1.54) is 6.92 Å². The van der Waals surface area contributed by atoms with Crippen LogP contribution in [0.15, 0.2) is 42.5 Å². The van der Waals surface area contributed by atoms with Crippen LogP contribution in [0, 0.1) is 13.8 Å². The first kappa shape index (κ1) is 27.4. The van der Waals surface area contributed by atoms with Gasteiger partial charge in [-0.15, -0.1) is 11.3 Å². The van der Waals surface area contributed by atoms with Gasteiger partial charge in [0, 0.05) is 17.1 Å². The molecule has 0 spiro atoms. The maximum absolute atomic E-state index is 14.0. The molecule has 0 atom stereocenters. The van der Waals surface area contributed by atoms with E-state index in [-0.39, 0.29) is 43.4 Å². The Morgan fingerprint density at radius 3 is 2.30 bits per heavy atom. The van der Waals surface area contributed by atoms with E-state index in [1.54, 1.807) is 31.2 Å². The molecule has 0 fully saturated rings. The van der Waals surface area contributed by atoms with Crippen molar-refractivity contribution in [1.82, 2.24) is 19.6 Å². The van der Waals surface area contributed by atoms with Crippen LogP contribution in [0.2, 0.25) is 0 Å². The number of aryl methyl sites for hydroxylation is 2. The maximum Gasteiger partial charge on any atom is 0.433 e. The third kappa shape index (κ3) is 4.95. The molecule has 0 aliphatic rings. The SMILES string of the molecule is Cc1ccc(-c2cc(C(F)(F)F)nc3sc(C(N)=O)c(NC(=O)c4cc5nc(C)cc(C(F)(F)Cl)n5n4)c23)cc1. The van der Waals surface area contributed by atoms with Crippen LogP contribution in [-0.2, 0) is 11.6 Å². The molecule has 1 aromatic carbocycles. The van der Waals surface area contributed by atoms with E-state index in [1.807, 2.05) is 0 Å². The zero-order chi connectivity index (χ0) is 29.1. The number of hydrogen-bond donors (Lipinski definition) is 2. The van der Waals surface area contributed by atoms with Crippen LogP contribution < -0.4 is 11.1 Å². The second kappa shape index (κ2) is 9.48. The van der Waals surface area contributed by atoms with Crippen molar-refractivity contribution < 1.29 is 31.5 Å². The van der Waals surface area contributed by atoms with Crippen molar-refractivity contribution in [3.63, 3.8) is 0 Å². The third-order valence-electron chi connectivity index (χ3n) is 5.86. The van der Waals surface area contributed by atoms with Crippen molar-refractivity contribution in [2.75, 3.05) is 5.32 Å². The second-order valence-electron chi connectivity index (χ2n) is 8.80. The third-order valence-corrected chi connectivity index (χ3v) is 7.15. The molecule has 5 rings (SSSR count). The summed E-state index contributed by atoms with van der Waals surface area (Å²) in [6, 6.07) is 9.47. The molecule has 0 saturated carbocycles. The van der Waals surface area contributed by atoms with Gasteiger partial charge in [0.1, 0.15) is 21.1 Å². The Bertz CT molecular complexity index is 1830. The van der Waals surface area contributed by atoms with Gasteiger partial charge in [0.05, 0.1) is 5.69 Å². The van der Waals surface area contributed by atoms with E-state index >= 15 is 0 Å². The number of nitrogens with one attached hydrogen (secondary N) is 1. The monoisotopic (exact) mass is 594 g/mol. The number of aromatic nitrogens is 4. The predicted molar refractivity (Wildman–Crippen MR) is 139 cm³/mol. The Hall–Kier alpha value is -4.17. The molecule has 4 aromatic heterocycles. The van der Waals surface area contributed by atoms with Crippen LogP contribution in [0.1, 0.15) is 42.8 Å². The topological polar surface area (TPSA) is 115 Å². The van der Waals surface area contributed by atoms with Gasteiger partial charge in [-0.05, 0) is 48.7 Å². The Morgan fingerprint density at radius 2 is 1.70 bits per heavy atom. The Balaban J connectivity index is 1.70. The van der Waals surface area contributed by atoms with Gasteiger partial charge in [-0.1, -0.05) is 29.8 Å². The largest absolute Gasteiger partial charge is 0.433 e. The number of benzene rings is 1. The van der Waals surface area contributed by atoms with E-state index in [0.29, 0.717) is 21.4 Å². The van der Waals surface area contributed by atoms with Crippen LogP contribution in [0.3, 0.4) is 0 Å². The van der Waals surface area contributed by atoms with Gasteiger partial charge >= 0.3 is 11.6 Å². The quantitative estimate of drug-likeness (QED) is 0.184. The molecule has 0 unspecified atom stereocenters. The number of thiophene rings is 1. The average Bonchev–Trinajstić information content (AvgIpc) is 3.44. The highest BCUT2D eigenvalue weighted by atomic mass is 35.5. The summed E-state index contributed by atoms with van der Waals surface area (Å²) < 4.78 is 69.8. The summed E-state index contributed by atoms with van der Waals surface area (Å²) in [5.74, 6) is -2.00. The molecule has 3 N–H and O–H groups in total. The van der Waals surface area contributed by atoms with Crippen LogP contribution in [0.5, 0.6) is 0 Å². The van der Waals surface area contributed by atoms with Crippen molar-refractivity contribution >= 4 is 56.3 Å². The molecule has 2 amide bonds. The Morgan fingerprint density at radius 1 is 1.02 bits per heavy atom. The highest BCUT2D eigenvalue weighted by molar-refractivity contribution is 7.21. The van der Waals surface area contributed by atoms with E-state index < -0.39 is 34.8 Å². The number of nitrogens with zero attached hydrogens (tertiary/aromatic N) is 4. The lowest BCUT2D eigenvalue weighted by atomic mass is 10.00. The second-order valence-corrected chi connectivity index (χ2v) is 10.3. The van der Waals surface area contributed by atoms with Crippen molar-refractivity contribution in [3.05, 3.63) is 75.7 Å². The number of nitrogens with two attached hydrogens (primary N) is 1. The number of pyridine rings is 1. The first-order valence-electron chi connectivity index (χ1n) is 11.3. The molecule has 8 nitrogen and oxygen atoms in total. The van der Waals surface area contributed by atoms with Crippen LogP contribution in [0.4, 0.5) is 27.6 Å². The number of primary amides is 1. The molecular weight excluding hydrogens is 579 g/mol. The standard InChI is InChI=1S/C25H16ClF5N6O2S/c1-10-3-5-12(6-4-10)13-8-15(25(29,30)31)34-23-18(13)19(20(40-23)21(32)38)35-22(39)14-9-17-33-11(2)7-16(24(26,27)28)37(17)36-14/h3-9H,1-2H3,(H2,32,38)(H,35,39). The number of anilines is 1. The Kier molecular flexibility index (Phi) is 6.50. The summed E-state index contributed by atoms with van der Waals surface area (Å²) >= 11 is 5.77. The summed E-state index contributed by atoms with van der Waals surface area (Å²) in [6.45, 7) is 3.25. The van der Waals surface area contributed by atoms with Crippen molar-refractivity contribution in [1.29, 1.82) is 0 Å². The summed E-state index contributed by atoms with van der Waals surface area (Å²) in [7, 11) is 0. The number of alkyl halides is 6. The molecule has 0 aliphatic heterocycles. The molecule has 0 bridgehead atoms. The molecule has 0 saturated heterocycles. The highest BCUT2D eigenvalue weighted by Gasteiger charge is 2.36. The minimum Gasteiger partial charge on any atom is -0.365 e. The first-order valence-corrected chi connectivity index (χ1v) is 12.5. The lowest BCUT2D eigenvalue weighted by Crippen LogP contribution is -2.18. The van der Waals surface area contributed by atoms with Crippen molar-refractivity contribution in [2.24, 2.45) is 5.73 Å². The predicted octanol–water partition coefficient (Wildman–Crippen LogP) is 6.28. The maximum atomic E-state index is 14.0. The van der Waals surface area contributed by atoms with E-state index in [4.69, 9.17) is 17.3 Å². The number of amides is 2. The minimum atomic E-state index is -4.81. The zero-order valence-corrected chi connectivity index (χ0v) is 22.0.